The molecule has 18 heavy (non-hydrogen) atoms. The van der Waals surface area contributed by atoms with Gasteiger partial charge in [-0.05, 0) is 20.3 Å². The van der Waals surface area contributed by atoms with Crippen LogP contribution in [0.5, 0.6) is 0 Å². The van der Waals surface area contributed by atoms with Gasteiger partial charge >= 0.3 is 0 Å². The van der Waals surface area contributed by atoms with Gasteiger partial charge in [0.1, 0.15) is 5.82 Å². The maximum atomic E-state index is 5.78. The van der Waals surface area contributed by atoms with E-state index in [2.05, 4.69) is 33.7 Å². The van der Waals surface area contributed by atoms with Crippen LogP contribution in [0.15, 0.2) is 12.7 Å². The predicted octanol–water partition coefficient (Wildman–Crippen LogP) is 0.894. The summed E-state index contributed by atoms with van der Waals surface area (Å²) in [7, 11) is 0. The lowest BCUT2D eigenvalue weighted by atomic mass is 10.1. The third-order valence-electron chi connectivity index (χ3n) is 3.23. The summed E-state index contributed by atoms with van der Waals surface area (Å²) in [5.74, 6) is 1.31. The summed E-state index contributed by atoms with van der Waals surface area (Å²) in [6.07, 6.45) is 2.66. The first-order chi connectivity index (χ1) is 8.61. The molecule has 1 atom stereocenters. The van der Waals surface area contributed by atoms with Crippen LogP contribution >= 0.6 is 0 Å². The minimum absolute atomic E-state index is 0.349. The number of aromatic nitrogens is 2. The Bertz CT molecular complexity index is 443. The van der Waals surface area contributed by atoms with Gasteiger partial charge < -0.3 is 16.0 Å². The molecule has 3 N–H and O–H groups in total. The van der Waals surface area contributed by atoms with E-state index in [9.17, 15) is 0 Å². The van der Waals surface area contributed by atoms with Crippen molar-refractivity contribution >= 4 is 11.8 Å². The Labute approximate surface area is 108 Å². The quantitative estimate of drug-likeness (QED) is 0.777. The first kappa shape index (κ1) is 12.8. The van der Waals surface area contributed by atoms with E-state index < -0.39 is 0 Å². The number of nitrogen functional groups attached to an aromatic ring is 1. The number of rotatable bonds is 3. The van der Waals surface area contributed by atoms with Gasteiger partial charge in [-0.2, -0.15) is 4.98 Å². The molecule has 0 amide bonds. The van der Waals surface area contributed by atoms with E-state index in [1.54, 1.807) is 0 Å². The van der Waals surface area contributed by atoms with Gasteiger partial charge in [-0.3, -0.25) is 0 Å². The van der Waals surface area contributed by atoms with Crippen molar-refractivity contribution in [1.29, 1.82) is 0 Å². The molecule has 1 aromatic rings. The van der Waals surface area contributed by atoms with Gasteiger partial charge in [0, 0.05) is 36.9 Å². The molecule has 98 valence electrons. The minimum atomic E-state index is 0.349. The molecule has 1 aromatic heterocycles. The van der Waals surface area contributed by atoms with Crippen molar-refractivity contribution in [3.63, 3.8) is 0 Å². The number of hydrogen-bond donors (Lipinski definition) is 2. The minimum Gasteiger partial charge on any atom is -0.368 e. The topological polar surface area (TPSA) is 67.1 Å². The van der Waals surface area contributed by atoms with E-state index in [0.29, 0.717) is 12.0 Å². The molecule has 0 aromatic carbocycles. The molecule has 5 nitrogen and oxygen atoms in total. The predicted molar refractivity (Wildman–Crippen MR) is 74.8 cm³/mol. The molecule has 0 saturated carbocycles. The summed E-state index contributed by atoms with van der Waals surface area (Å²) >= 11 is 0. The van der Waals surface area contributed by atoms with Crippen LogP contribution in [0.25, 0.3) is 0 Å². The Kier molecular flexibility index (Phi) is 3.81. The number of nitrogens with zero attached hydrogens (tertiary/aromatic N) is 3. The zero-order chi connectivity index (χ0) is 13.1. The van der Waals surface area contributed by atoms with E-state index in [0.717, 1.165) is 43.1 Å². The van der Waals surface area contributed by atoms with Crippen molar-refractivity contribution in [2.75, 3.05) is 30.3 Å². The van der Waals surface area contributed by atoms with Crippen molar-refractivity contribution in [3.8, 4) is 0 Å². The molecule has 2 heterocycles. The summed E-state index contributed by atoms with van der Waals surface area (Å²) in [6, 6.07) is 0.465. The Hall–Kier alpha value is -1.62. The normalized spacial score (nSPS) is 19.9. The highest BCUT2D eigenvalue weighted by molar-refractivity contribution is 5.53. The van der Waals surface area contributed by atoms with Gasteiger partial charge in [-0.25, -0.2) is 4.98 Å². The standard InChI is InChI=1S/C13H21N5/c1-4-5-11-10(3)16-13(14)17-12(11)18-7-6-15-9(2)8-18/h4,9,15H,1,5-8H2,2-3H3,(H2,14,16,17)/t9-/m1/s1. The monoisotopic (exact) mass is 247 g/mol. The summed E-state index contributed by atoms with van der Waals surface area (Å²) in [4.78, 5) is 11.0. The Morgan fingerprint density at radius 2 is 2.33 bits per heavy atom. The molecule has 2 rings (SSSR count). The van der Waals surface area contributed by atoms with Gasteiger partial charge in [-0.1, -0.05) is 6.08 Å². The molecule has 0 radical (unpaired) electrons. The smallest absolute Gasteiger partial charge is 0.222 e. The fourth-order valence-corrected chi connectivity index (χ4v) is 2.37. The molecule has 0 bridgehead atoms. The van der Waals surface area contributed by atoms with Crippen LogP contribution in [0.2, 0.25) is 0 Å². The summed E-state index contributed by atoms with van der Waals surface area (Å²) in [6.45, 7) is 10.8. The number of hydrogen-bond acceptors (Lipinski definition) is 5. The summed E-state index contributed by atoms with van der Waals surface area (Å²) in [5, 5.41) is 3.43. The van der Waals surface area contributed by atoms with E-state index in [-0.39, 0.29) is 0 Å². The number of aryl methyl sites for hydroxylation is 1. The largest absolute Gasteiger partial charge is 0.368 e. The van der Waals surface area contributed by atoms with Crippen LogP contribution in [0.4, 0.5) is 11.8 Å². The molecule has 1 aliphatic heterocycles. The molecular weight excluding hydrogens is 226 g/mol. The summed E-state index contributed by atoms with van der Waals surface area (Å²) in [5.41, 5.74) is 7.86. The van der Waals surface area contributed by atoms with Crippen molar-refractivity contribution in [2.24, 2.45) is 0 Å². The van der Waals surface area contributed by atoms with Crippen LogP contribution in [-0.2, 0) is 6.42 Å². The first-order valence-corrected chi connectivity index (χ1v) is 6.34. The van der Waals surface area contributed by atoms with Crippen LogP contribution in [0.1, 0.15) is 18.2 Å². The second-order valence-electron chi connectivity index (χ2n) is 4.76. The molecule has 0 spiro atoms. The van der Waals surface area contributed by atoms with Gasteiger partial charge in [0.05, 0.1) is 0 Å². The van der Waals surface area contributed by atoms with E-state index >= 15 is 0 Å². The van der Waals surface area contributed by atoms with E-state index in [1.165, 1.54) is 0 Å². The number of anilines is 2. The second kappa shape index (κ2) is 5.35. The lowest BCUT2D eigenvalue weighted by Gasteiger charge is -2.34. The maximum absolute atomic E-state index is 5.78. The first-order valence-electron chi connectivity index (χ1n) is 6.34. The fraction of sp³-hybridized carbons (Fsp3) is 0.538. The molecule has 5 heteroatoms. The van der Waals surface area contributed by atoms with Crippen molar-refractivity contribution in [1.82, 2.24) is 15.3 Å². The zero-order valence-electron chi connectivity index (χ0n) is 11.1. The van der Waals surface area contributed by atoms with Gasteiger partial charge in [0.2, 0.25) is 5.95 Å². The number of piperazine rings is 1. The molecule has 1 saturated heterocycles. The number of allylic oxidation sites excluding steroid dienone is 1. The lowest BCUT2D eigenvalue weighted by molar-refractivity contribution is 0.481. The van der Waals surface area contributed by atoms with Crippen molar-refractivity contribution in [3.05, 3.63) is 23.9 Å². The average Bonchev–Trinajstić information content (AvgIpc) is 2.32. The van der Waals surface area contributed by atoms with Gasteiger partial charge in [0.25, 0.3) is 0 Å². The second-order valence-corrected chi connectivity index (χ2v) is 4.76. The van der Waals surface area contributed by atoms with Crippen LogP contribution in [-0.4, -0.2) is 35.6 Å². The number of nitrogens with two attached hydrogens (primary N) is 1. The highest BCUT2D eigenvalue weighted by Crippen LogP contribution is 2.23. The highest BCUT2D eigenvalue weighted by atomic mass is 15.3. The molecule has 0 aliphatic carbocycles. The Balaban J connectivity index is 2.37. The van der Waals surface area contributed by atoms with Crippen LogP contribution in [0.3, 0.4) is 0 Å². The molecule has 0 unspecified atom stereocenters. The average molecular weight is 247 g/mol. The summed E-state index contributed by atoms with van der Waals surface area (Å²) < 4.78 is 0. The van der Waals surface area contributed by atoms with Crippen LogP contribution < -0.4 is 16.0 Å². The van der Waals surface area contributed by atoms with Crippen molar-refractivity contribution < 1.29 is 0 Å². The molecular formula is C13H21N5. The van der Waals surface area contributed by atoms with E-state index in [4.69, 9.17) is 5.73 Å². The Morgan fingerprint density at radius 1 is 1.56 bits per heavy atom. The Morgan fingerprint density at radius 3 is 3.00 bits per heavy atom. The van der Waals surface area contributed by atoms with Gasteiger partial charge in [0.15, 0.2) is 0 Å². The lowest BCUT2D eigenvalue weighted by Crippen LogP contribution is -2.50. The fourth-order valence-electron chi connectivity index (χ4n) is 2.37. The SMILES string of the molecule is C=CCc1c(C)nc(N)nc1N1CCN[C@H](C)C1. The third kappa shape index (κ3) is 2.61. The zero-order valence-corrected chi connectivity index (χ0v) is 11.1. The van der Waals surface area contributed by atoms with Gasteiger partial charge in [-0.15, -0.1) is 6.58 Å². The maximum Gasteiger partial charge on any atom is 0.222 e. The van der Waals surface area contributed by atoms with Crippen molar-refractivity contribution in [2.45, 2.75) is 26.3 Å². The number of nitrogens with one attached hydrogen (secondary N) is 1. The molecule has 1 aliphatic rings. The van der Waals surface area contributed by atoms with E-state index in [1.807, 2.05) is 13.0 Å². The third-order valence-corrected chi connectivity index (χ3v) is 3.23. The highest BCUT2D eigenvalue weighted by Gasteiger charge is 2.21. The molecule has 1 fully saturated rings. The van der Waals surface area contributed by atoms with Crippen LogP contribution in [0, 0.1) is 6.92 Å².